The van der Waals surface area contributed by atoms with Gasteiger partial charge in [-0.3, -0.25) is 24.6 Å². The molecule has 3 N–H and O–H groups in total. The van der Waals surface area contributed by atoms with E-state index in [4.69, 9.17) is 10.5 Å². The zero-order valence-electron chi connectivity index (χ0n) is 18.2. The normalized spacial score (nSPS) is 21.3. The number of fused-ring (bicyclic) bond motifs is 1. The number of esters is 1. The summed E-state index contributed by atoms with van der Waals surface area (Å²) in [6.07, 6.45) is 0.717. The number of rotatable bonds is 11. The van der Waals surface area contributed by atoms with Crippen LogP contribution in [0.15, 0.2) is 34.9 Å². The number of non-ortho nitro benzene ring substituents is 1. The summed E-state index contributed by atoms with van der Waals surface area (Å²) in [6.45, 7) is 3.93. The van der Waals surface area contributed by atoms with E-state index in [0.717, 1.165) is 17.5 Å². The molecule has 3 atom stereocenters. The largest absolute Gasteiger partial charge is 0.477 e. The molecule has 10 nitrogen and oxygen atoms in total. The monoisotopic (exact) mass is 495 g/mol. The number of nitro benzene ring substituents is 1. The van der Waals surface area contributed by atoms with E-state index in [2.05, 4.69) is 0 Å². The van der Waals surface area contributed by atoms with E-state index in [-0.39, 0.29) is 34.9 Å². The summed E-state index contributed by atoms with van der Waals surface area (Å²) < 4.78 is 5.19. The molecule has 0 spiro atoms. The van der Waals surface area contributed by atoms with Crippen LogP contribution in [0.5, 0.6) is 0 Å². The lowest BCUT2D eigenvalue weighted by Crippen LogP contribution is -2.65. The van der Waals surface area contributed by atoms with Gasteiger partial charge in [-0.05, 0) is 23.4 Å². The number of carboxylic acid groups (broad SMARTS) is 1. The van der Waals surface area contributed by atoms with Crippen LogP contribution in [0.2, 0.25) is 0 Å². The lowest BCUT2D eigenvalue weighted by atomic mass is 9.81. The van der Waals surface area contributed by atoms with Crippen LogP contribution >= 0.6 is 23.5 Å². The topological polar surface area (TPSA) is 153 Å². The summed E-state index contributed by atoms with van der Waals surface area (Å²) in [5, 5.41) is 20.5. The maximum absolute atomic E-state index is 12.3. The predicted octanol–water partition coefficient (Wildman–Crippen LogP) is 2.51. The standard InChI is InChI=1S/C21H25N3O7S2/c1-3-32-12(2)21-8-16(18(19(26)27)23(21)17(25)9-21)33-11-15(22)20(28)31-10-13-4-6-14(7-5-13)24(29)30/h4-7,12,15H,3,8-11,22H2,1-2H3,(H,26,27)/t12-,15?,21+/m1/s1. The maximum atomic E-state index is 12.3. The number of thioether (sulfide) groups is 2. The summed E-state index contributed by atoms with van der Waals surface area (Å²) in [6, 6.07) is 4.61. The first-order valence-corrected chi connectivity index (χ1v) is 12.3. The maximum Gasteiger partial charge on any atom is 0.353 e. The van der Waals surface area contributed by atoms with Gasteiger partial charge in [0.25, 0.3) is 5.69 Å². The lowest BCUT2D eigenvalue weighted by molar-refractivity contribution is -0.384. The van der Waals surface area contributed by atoms with Crippen molar-refractivity contribution in [1.29, 1.82) is 0 Å². The van der Waals surface area contributed by atoms with Crippen molar-refractivity contribution in [2.45, 2.75) is 50.1 Å². The highest BCUT2D eigenvalue weighted by Crippen LogP contribution is 2.54. The molecule has 1 amide bonds. The van der Waals surface area contributed by atoms with Gasteiger partial charge in [0.2, 0.25) is 5.91 Å². The van der Waals surface area contributed by atoms with Gasteiger partial charge in [0, 0.05) is 34.5 Å². The number of nitrogens with zero attached hydrogens (tertiary/aromatic N) is 2. The molecule has 0 aromatic heterocycles. The number of carbonyl (C=O) groups excluding carboxylic acids is 2. The van der Waals surface area contributed by atoms with Gasteiger partial charge < -0.3 is 15.6 Å². The van der Waals surface area contributed by atoms with Gasteiger partial charge in [-0.1, -0.05) is 13.8 Å². The van der Waals surface area contributed by atoms with Crippen LogP contribution in [0, 0.1) is 10.1 Å². The molecule has 0 radical (unpaired) electrons. The minimum absolute atomic E-state index is 0.0220. The number of nitro groups is 1. The Labute approximate surface area is 199 Å². The minimum atomic E-state index is -1.17. The Balaban J connectivity index is 1.60. The Morgan fingerprint density at radius 2 is 2.00 bits per heavy atom. The number of benzene rings is 1. The number of carbonyl (C=O) groups is 3. The third-order valence-corrected chi connectivity index (χ3v) is 8.23. The quantitative estimate of drug-likeness (QED) is 0.203. The van der Waals surface area contributed by atoms with Crippen LogP contribution in [0.25, 0.3) is 0 Å². The number of β-lactam (4-membered cyclic amide) rings is 1. The molecule has 1 saturated heterocycles. The van der Waals surface area contributed by atoms with Gasteiger partial charge >= 0.3 is 11.9 Å². The predicted molar refractivity (Wildman–Crippen MR) is 124 cm³/mol. The van der Waals surface area contributed by atoms with Crippen molar-refractivity contribution in [1.82, 2.24) is 4.90 Å². The molecule has 0 bridgehead atoms. The average molecular weight is 496 g/mol. The summed E-state index contributed by atoms with van der Waals surface area (Å²) in [5.74, 6) is -1.10. The molecule has 2 heterocycles. The summed E-state index contributed by atoms with van der Waals surface area (Å²) in [5.41, 5.74) is 5.90. The summed E-state index contributed by atoms with van der Waals surface area (Å²) >= 11 is 2.84. The molecular formula is C21H25N3O7S2. The Bertz CT molecular complexity index is 998. The highest BCUT2D eigenvalue weighted by molar-refractivity contribution is 8.03. The van der Waals surface area contributed by atoms with Gasteiger partial charge in [0.05, 0.1) is 16.9 Å². The second-order valence-electron chi connectivity index (χ2n) is 7.81. The first kappa shape index (κ1) is 25.1. The van der Waals surface area contributed by atoms with Crippen LogP contribution in [0.1, 0.15) is 32.3 Å². The van der Waals surface area contributed by atoms with Gasteiger partial charge in [0.15, 0.2) is 0 Å². The highest BCUT2D eigenvalue weighted by atomic mass is 32.2. The van der Waals surface area contributed by atoms with Crippen molar-refractivity contribution in [2.24, 2.45) is 5.73 Å². The highest BCUT2D eigenvalue weighted by Gasteiger charge is 2.61. The molecule has 1 unspecified atom stereocenters. The third-order valence-electron chi connectivity index (χ3n) is 5.75. The van der Waals surface area contributed by atoms with E-state index in [9.17, 15) is 29.6 Å². The molecule has 2 aliphatic rings. The fraction of sp³-hybridized carbons (Fsp3) is 0.476. The Morgan fingerprint density at radius 3 is 2.55 bits per heavy atom. The van der Waals surface area contributed by atoms with E-state index < -0.39 is 28.4 Å². The number of amides is 1. The van der Waals surface area contributed by atoms with E-state index in [1.54, 1.807) is 11.8 Å². The molecule has 0 saturated carbocycles. The molecule has 1 aromatic rings. The van der Waals surface area contributed by atoms with Crippen LogP contribution < -0.4 is 5.73 Å². The zero-order valence-corrected chi connectivity index (χ0v) is 19.8. The summed E-state index contributed by atoms with van der Waals surface area (Å²) in [7, 11) is 0. The second kappa shape index (κ2) is 10.1. The first-order valence-electron chi connectivity index (χ1n) is 10.3. The van der Waals surface area contributed by atoms with Crippen molar-refractivity contribution in [3.05, 3.63) is 50.5 Å². The number of hydrogen-bond donors (Lipinski definition) is 2. The molecule has 1 fully saturated rings. The fourth-order valence-electron chi connectivity index (χ4n) is 3.99. The smallest absolute Gasteiger partial charge is 0.353 e. The van der Waals surface area contributed by atoms with Crippen LogP contribution in [0.4, 0.5) is 5.69 Å². The minimum Gasteiger partial charge on any atom is -0.477 e. The molecule has 1 aromatic carbocycles. The van der Waals surface area contributed by atoms with Gasteiger partial charge in [-0.2, -0.15) is 11.8 Å². The Hall–Kier alpha value is -2.57. The van der Waals surface area contributed by atoms with Gasteiger partial charge in [-0.15, -0.1) is 11.8 Å². The lowest BCUT2D eigenvalue weighted by Gasteiger charge is -2.51. The van der Waals surface area contributed by atoms with Crippen LogP contribution in [0.3, 0.4) is 0 Å². The Morgan fingerprint density at radius 1 is 1.33 bits per heavy atom. The van der Waals surface area contributed by atoms with Crippen molar-refractivity contribution < 1.29 is 29.2 Å². The van der Waals surface area contributed by atoms with Crippen molar-refractivity contribution >= 4 is 47.1 Å². The van der Waals surface area contributed by atoms with Crippen LogP contribution in [-0.4, -0.2) is 61.1 Å². The number of ether oxygens (including phenoxy) is 1. The van der Waals surface area contributed by atoms with E-state index in [0.29, 0.717) is 23.3 Å². The Kier molecular flexibility index (Phi) is 7.70. The van der Waals surface area contributed by atoms with Gasteiger partial charge in [0.1, 0.15) is 18.3 Å². The summed E-state index contributed by atoms with van der Waals surface area (Å²) in [4.78, 5) is 48.6. The van der Waals surface area contributed by atoms with Gasteiger partial charge in [-0.25, -0.2) is 4.79 Å². The number of nitrogens with two attached hydrogens (primary N) is 1. The van der Waals surface area contributed by atoms with Crippen molar-refractivity contribution in [3.63, 3.8) is 0 Å². The number of aliphatic carboxylic acids is 1. The molecule has 12 heteroatoms. The number of hydrogen-bond acceptors (Lipinski definition) is 9. The molecule has 2 aliphatic heterocycles. The molecular weight excluding hydrogens is 470 g/mol. The van der Waals surface area contributed by atoms with E-state index in [1.165, 1.54) is 29.2 Å². The zero-order chi connectivity index (χ0) is 24.3. The van der Waals surface area contributed by atoms with E-state index >= 15 is 0 Å². The number of carboxylic acids is 1. The third kappa shape index (κ3) is 5.02. The fourth-order valence-corrected chi connectivity index (χ4v) is 6.26. The molecule has 0 aliphatic carbocycles. The first-order chi connectivity index (χ1) is 15.6. The molecule has 178 valence electrons. The SMILES string of the molecule is CCS[C@H](C)[C@]12CC(=O)N1C(C(=O)O)=C(SCC(N)C(=O)OCc1ccc([N+](=O)[O-])cc1)C2. The average Bonchev–Trinajstić information content (AvgIpc) is 3.05. The van der Waals surface area contributed by atoms with E-state index in [1.807, 2.05) is 13.8 Å². The van der Waals surface area contributed by atoms with Crippen molar-refractivity contribution in [2.75, 3.05) is 11.5 Å². The van der Waals surface area contributed by atoms with Crippen LogP contribution in [-0.2, 0) is 25.7 Å². The molecule has 33 heavy (non-hydrogen) atoms. The second-order valence-corrected chi connectivity index (χ2v) is 10.5. The van der Waals surface area contributed by atoms with Crippen molar-refractivity contribution in [3.8, 4) is 0 Å². The molecule has 3 rings (SSSR count).